The van der Waals surface area contributed by atoms with E-state index in [0.717, 1.165) is 42.7 Å². The zero-order valence-electron chi connectivity index (χ0n) is 18.4. The Bertz CT molecular complexity index is 947. The molecular weight excluding hydrogens is 374 g/mol. The molecule has 0 saturated heterocycles. The Hall–Kier alpha value is -2.79. The van der Waals surface area contributed by atoms with E-state index in [1.165, 1.54) is 4.90 Å². The van der Waals surface area contributed by atoms with E-state index in [2.05, 4.69) is 23.7 Å². The van der Waals surface area contributed by atoms with Crippen molar-refractivity contribution in [2.75, 3.05) is 31.1 Å². The summed E-state index contributed by atoms with van der Waals surface area (Å²) in [5.41, 5.74) is 3.95. The first-order valence-electron chi connectivity index (χ1n) is 10.7. The van der Waals surface area contributed by atoms with Gasteiger partial charge in [0.2, 0.25) is 5.91 Å². The number of fused-ring (bicyclic) bond motifs is 1. The molecule has 1 aliphatic heterocycles. The molecule has 0 spiro atoms. The minimum Gasteiger partial charge on any atom is -0.304 e. The van der Waals surface area contributed by atoms with Crippen LogP contribution in [-0.2, 0) is 4.79 Å². The van der Waals surface area contributed by atoms with Crippen molar-refractivity contribution < 1.29 is 9.59 Å². The fourth-order valence-corrected chi connectivity index (χ4v) is 3.91. The van der Waals surface area contributed by atoms with Gasteiger partial charge in [0.05, 0.1) is 11.6 Å². The van der Waals surface area contributed by atoms with Crippen LogP contribution in [-0.4, -0.2) is 49.1 Å². The van der Waals surface area contributed by atoms with Crippen LogP contribution in [0, 0.1) is 13.8 Å². The van der Waals surface area contributed by atoms with Crippen LogP contribution in [0.25, 0.3) is 0 Å². The number of imide groups is 1. The van der Waals surface area contributed by atoms with Crippen molar-refractivity contribution in [3.63, 3.8) is 0 Å². The van der Waals surface area contributed by atoms with E-state index in [-0.39, 0.29) is 11.8 Å². The highest BCUT2D eigenvalue weighted by Gasteiger charge is 2.39. The molecule has 0 saturated carbocycles. The van der Waals surface area contributed by atoms with E-state index in [4.69, 9.17) is 0 Å². The average molecular weight is 406 g/mol. The molecule has 1 heterocycles. The highest BCUT2D eigenvalue weighted by atomic mass is 16.2. The molecule has 2 aromatic rings. The first-order valence-corrected chi connectivity index (χ1v) is 10.7. The standard InChI is InChI=1S/C25H31N3O2/c1-5-27(6-2)16-10-15-26-17-22-20-12-7-8-13-21(20)24(29)28(25(22)30)23-14-9-11-18(3)19(23)4/h7-9,11-14,17,22H,5-6,10,15-16H2,1-4H3. The van der Waals surface area contributed by atoms with Crippen molar-refractivity contribution >= 4 is 23.7 Å². The summed E-state index contributed by atoms with van der Waals surface area (Å²) >= 11 is 0. The molecule has 1 aliphatic rings. The summed E-state index contributed by atoms with van der Waals surface area (Å²) < 4.78 is 0. The Kier molecular flexibility index (Phi) is 7.16. The van der Waals surface area contributed by atoms with Gasteiger partial charge in [-0.3, -0.25) is 14.6 Å². The lowest BCUT2D eigenvalue weighted by molar-refractivity contribution is -0.118. The lowest BCUT2D eigenvalue weighted by Gasteiger charge is -2.32. The van der Waals surface area contributed by atoms with Crippen molar-refractivity contribution in [1.29, 1.82) is 0 Å². The van der Waals surface area contributed by atoms with Crippen LogP contribution in [0.4, 0.5) is 5.69 Å². The Balaban J connectivity index is 1.88. The van der Waals surface area contributed by atoms with Gasteiger partial charge in [-0.05, 0) is 68.7 Å². The number of carbonyl (C=O) groups excluding carboxylic acids is 2. The second kappa shape index (κ2) is 9.81. The number of benzene rings is 2. The number of amides is 2. The van der Waals surface area contributed by atoms with Crippen LogP contribution in [0.15, 0.2) is 47.5 Å². The molecule has 158 valence electrons. The maximum Gasteiger partial charge on any atom is 0.265 e. The molecule has 1 atom stereocenters. The first kappa shape index (κ1) is 21.9. The molecule has 0 aliphatic carbocycles. The second-order valence-corrected chi connectivity index (χ2v) is 7.70. The lowest BCUT2D eigenvalue weighted by atomic mass is 9.88. The minimum atomic E-state index is -0.549. The van der Waals surface area contributed by atoms with Crippen molar-refractivity contribution in [3.8, 4) is 0 Å². The van der Waals surface area contributed by atoms with E-state index < -0.39 is 5.92 Å². The molecule has 2 aromatic carbocycles. The largest absolute Gasteiger partial charge is 0.304 e. The van der Waals surface area contributed by atoms with Crippen LogP contribution in [0.2, 0.25) is 0 Å². The van der Waals surface area contributed by atoms with Gasteiger partial charge >= 0.3 is 0 Å². The van der Waals surface area contributed by atoms with Gasteiger partial charge in [-0.2, -0.15) is 0 Å². The van der Waals surface area contributed by atoms with Crippen LogP contribution in [0.3, 0.4) is 0 Å². The predicted molar refractivity (Wildman–Crippen MR) is 123 cm³/mol. The summed E-state index contributed by atoms with van der Waals surface area (Å²) in [5, 5.41) is 0. The Morgan fingerprint density at radius 3 is 2.50 bits per heavy atom. The van der Waals surface area contributed by atoms with Gasteiger partial charge in [0, 0.05) is 18.3 Å². The minimum absolute atomic E-state index is 0.236. The van der Waals surface area contributed by atoms with Gasteiger partial charge in [-0.15, -0.1) is 0 Å². The smallest absolute Gasteiger partial charge is 0.265 e. The van der Waals surface area contributed by atoms with E-state index in [1.807, 2.05) is 50.2 Å². The number of rotatable bonds is 8. The average Bonchev–Trinajstić information content (AvgIpc) is 2.76. The highest BCUT2D eigenvalue weighted by Crippen LogP contribution is 2.34. The summed E-state index contributed by atoms with van der Waals surface area (Å²) in [6.45, 7) is 12.0. The zero-order valence-corrected chi connectivity index (χ0v) is 18.4. The lowest BCUT2D eigenvalue weighted by Crippen LogP contribution is -2.46. The maximum absolute atomic E-state index is 13.4. The Labute approximate surface area is 179 Å². The molecule has 5 heteroatoms. The number of carbonyl (C=O) groups is 2. The van der Waals surface area contributed by atoms with E-state index in [9.17, 15) is 9.59 Å². The third kappa shape index (κ3) is 4.36. The molecule has 30 heavy (non-hydrogen) atoms. The first-order chi connectivity index (χ1) is 14.5. The van der Waals surface area contributed by atoms with Crippen LogP contribution < -0.4 is 4.90 Å². The van der Waals surface area contributed by atoms with Gasteiger partial charge in [0.25, 0.3) is 5.91 Å². The van der Waals surface area contributed by atoms with Crippen molar-refractivity contribution in [2.24, 2.45) is 4.99 Å². The topological polar surface area (TPSA) is 53.0 Å². The van der Waals surface area contributed by atoms with Crippen LogP contribution in [0.5, 0.6) is 0 Å². The van der Waals surface area contributed by atoms with E-state index in [0.29, 0.717) is 17.8 Å². The second-order valence-electron chi connectivity index (χ2n) is 7.70. The predicted octanol–water partition coefficient (Wildman–Crippen LogP) is 4.38. The van der Waals surface area contributed by atoms with E-state index >= 15 is 0 Å². The van der Waals surface area contributed by atoms with Gasteiger partial charge in [0.15, 0.2) is 0 Å². The molecule has 5 nitrogen and oxygen atoms in total. The van der Waals surface area contributed by atoms with Gasteiger partial charge in [0.1, 0.15) is 0 Å². The monoisotopic (exact) mass is 405 g/mol. The highest BCUT2D eigenvalue weighted by molar-refractivity contribution is 6.29. The van der Waals surface area contributed by atoms with Crippen LogP contribution in [0.1, 0.15) is 53.2 Å². The number of hydrogen-bond acceptors (Lipinski definition) is 4. The quantitative estimate of drug-likeness (QED) is 0.372. The fraction of sp³-hybridized carbons (Fsp3) is 0.400. The maximum atomic E-state index is 13.4. The molecule has 0 radical (unpaired) electrons. The third-order valence-corrected chi connectivity index (χ3v) is 5.94. The van der Waals surface area contributed by atoms with Crippen molar-refractivity contribution in [3.05, 3.63) is 64.7 Å². The number of anilines is 1. The Morgan fingerprint density at radius 1 is 1.03 bits per heavy atom. The van der Waals surface area contributed by atoms with Gasteiger partial charge in [-0.25, -0.2) is 4.90 Å². The molecule has 0 N–H and O–H groups in total. The third-order valence-electron chi connectivity index (χ3n) is 5.94. The Morgan fingerprint density at radius 2 is 1.77 bits per heavy atom. The molecule has 3 rings (SSSR count). The molecule has 1 unspecified atom stereocenters. The molecule has 0 aromatic heterocycles. The molecule has 2 amide bonds. The van der Waals surface area contributed by atoms with E-state index in [1.54, 1.807) is 12.3 Å². The molecule has 0 bridgehead atoms. The number of aliphatic imine (C=N–C) groups is 1. The summed E-state index contributed by atoms with van der Waals surface area (Å²) in [5.74, 6) is -1.05. The SMILES string of the molecule is CCN(CC)CCCN=CC1C(=O)N(c2cccc(C)c2C)C(=O)c2ccccc21. The van der Waals surface area contributed by atoms with Gasteiger partial charge < -0.3 is 4.90 Å². The van der Waals surface area contributed by atoms with Crippen molar-refractivity contribution in [2.45, 2.75) is 40.0 Å². The summed E-state index contributed by atoms with van der Waals surface area (Å²) in [6.07, 6.45) is 2.67. The number of nitrogens with zero attached hydrogens (tertiary/aromatic N) is 3. The summed E-state index contributed by atoms with van der Waals surface area (Å²) in [7, 11) is 0. The number of hydrogen-bond donors (Lipinski definition) is 0. The molecular formula is C25H31N3O2. The van der Waals surface area contributed by atoms with Crippen LogP contribution >= 0.6 is 0 Å². The summed E-state index contributed by atoms with van der Waals surface area (Å²) in [6, 6.07) is 13.1. The van der Waals surface area contributed by atoms with Gasteiger partial charge in [-0.1, -0.05) is 44.2 Å². The zero-order chi connectivity index (χ0) is 21.7. The fourth-order valence-electron chi connectivity index (χ4n) is 3.91. The van der Waals surface area contributed by atoms with Crippen molar-refractivity contribution in [1.82, 2.24) is 4.90 Å². The summed E-state index contributed by atoms with van der Waals surface area (Å²) in [4.78, 5) is 34.9. The normalized spacial score (nSPS) is 16.6. The molecule has 0 fully saturated rings. The number of aryl methyl sites for hydroxylation is 1.